The second kappa shape index (κ2) is 5.08. The number of aliphatic hydroxyl groups excluding tert-OH is 1. The maximum atomic E-state index is 9.19. The van der Waals surface area contributed by atoms with Crippen LogP contribution in [0.2, 0.25) is 0 Å². The molecule has 1 aromatic rings. The van der Waals surface area contributed by atoms with Gasteiger partial charge in [0.25, 0.3) is 10.1 Å². The first-order chi connectivity index (χ1) is 6.22. The third-order valence-corrected chi connectivity index (χ3v) is 1.23. The van der Waals surface area contributed by atoms with Crippen molar-refractivity contribution >= 4 is 10.1 Å². The number of hydrogen-bond donors (Lipinski definition) is 2. The fraction of sp³-hybridized carbons (Fsp3) is 0.571. The van der Waals surface area contributed by atoms with Crippen LogP contribution in [0.1, 0.15) is 18.9 Å². The fourth-order valence-electron chi connectivity index (χ4n) is 0.780. The average molecular weight is 222 g/mol. The normalized spacial score (nSPS) is 12.9. The molecule has 1 atom stereocenters. The van der Waals surface area contributed by atoms with Crippen molar-refractivity contribution in [1.29, 1.82) is 0 Å². The molecule has 0 aliphatic carbocycles. The Morgan fingerprint density at radius 2 is 2.00 bits per heavy atom. The molecule has 6 nitrogen and oxygen atoms in total. The summed E-state index contributed by atoms with van der Waals surface area (Å²) >= 11 is 0. The van der Waals surface area contributed by atoms with E-state index in [9.17, 15) is 8.42 Å². The zero-order valence-corrected chi connectivity index (χ0v) is 9.06. The van der Waals surface area contributed by atoms with E-state index in [1.165, 1.54) is 0 Å². The second-order valence-electron chi connectivity index (χ2n) is 2.81. The molecule has 82 valence electrons. The lowest BCUT2D eigenvalue weighted by Crippen LogP contribution is -2.00. The summed E-state index contributed by atoms with van der Waals surface area (Å²) in [5, 5.41) is 9.01. The fourth-order valence-corrected chi connectivity index (χ4v) is 0.780. The number of aryl methyl sites for hydroxylation is 1. The van der Waals surface area contributed by atoms with E-state index in [1.54, 1.807) is 17.7 Å². The van der Waals surface area contributed by atoms with E-state index >= 15 is 0 Å². The van der Waals surface area contributed by atoms with Gasteiger partial charge in [0.1, 0.15) is 11.9 Å². The molecule has 1 unspecified atom stereocenters. The summed E-state index contributed by atoms with van der Waals surface area (Å²) in [7, 11) is -1.81. The highest BCUT2D eigenvalue weighted by Crippen LogP contribution is 2.05. The van der Waals surface area contributed by atoms with Gasteiger partial charge in [-0.3, -0.25) is 4.55 Å². The van der Waals surface area contributed by atoms with Gasteiger partial charge in [-0.05, 0) is 6.92 Å². The first-order valence-electron chi connectivity index (χ1n) is 3.79. The molecule has 1 aromatic heterocycles. The van der Waals surface area contributed by atoms with E-state index < -0.39 is 16.2 Å². The van der Waals surface area contributed by atoms with Gasteiger partial charge in [0.2, 0.25) is 0 Å². The van der Waals surface area contributed by atoms with Gasteiger partial charge in [-0.2, -0.15) is 8.42 Å². The lowest BCUT2D eigenvalue weighted by Gasteiger charge is -2.01. The number of rotatable bonds is 1. The summed E-state index contributed by atoms with van der Waals surface area (Å²) in [5.74, 6) is 0.704. The van der Waals surface area contributed by atoms with Gasteiger partial charge >= 0.3 is 0 Å². The van der Waals surface area contributed by atoms with Crippen molar-refractivity contribution in [3.8, 4) is 0 Å². The monoisotopic (exact) mass is 222 g/mol. The van der Waals surface area contributed by atoms with Crippen molar-refractivity contribution in [2.24, 2.45) is 7.05 Å². The molecule has 0 aliphatic heterocycles. The van der Waals surface area contributed by atoms with E-state index in [0.29, 0.717) is 12.1 Å². The third-order valence-electron chi connectivity index (χ3n) is 1.23. The van der Waals surface area contributed by atoms with Crippen molar-refractivity contribution in [1.82, 2.24) is 9.55 Å². The Labute approximate surface area is 83.0 Å². The molecule has 0 aromatic carbocycles. The Morgan fingerprint density at radius 1 is 1.57 bits per heavy atom. The van der Waals surface area contributed by atoms with E-state index in [4.69, 9.17) is 9.66 Å². The molecule has 7 heteroatoms. The van der Waals surface area contributed by atoms with Crippen LogP contribution in [0.15, 0.2) is 12.4 Å². The van der Waals surface area contributed by atoms with E-state index in [1.807, 2.05) is 13.2 Å². The first kappa shape index (κ1) is 13.1. The summed E-state index contributed by atoms with van der Waals surface area (Å²) < 4.78 is 27.7. The van der Waals surface area contributed by atoms with Crippen LogP contribution in [0.4, 0.5) is 0 Å². The van der Waals surface area contributed by atoms with Gasteiger partial charge in [-0.1, -0.05) is 0 Å². The molecule has 2 N–H and O–H groups in total. The third kappa shape index (κ3) is 6.58. The SMILES string of the molecule is CC(O)c1nccn1C.CS(=O)(=O)O. The predicted octanol–water partition coefficient (Wildman–Crippen LogP) is -0.0226. The highest BCUT2D eigenvalue weighted by molar-refractivity contribution is 7.85. The largest absolute Gasteiger partial charge is 0.385 e. The van der Waals surface area contributed by atoms with Crippen molar-refractivity contribution in [2.75, 3.05) is 6.26 Å². The van der Waals surface area contributed by atoms with Crippen LogP contribution in [0.3, 0.4) is 0 Å². The van der Waals surface area contributed by atoms with E-state index in [2.05, 4.69) is 4.98 Å². The number of aliphatic hydroxyl groups is 1. The molecule has 0 radical (unpaired) electrons. The highest BCUT2D eigenvalue weighted by Gasteiger charge is 2.03. The average Bonchev–Trinajstić information content (AvgIpc) is 2.30. The zero-order chi connectivity index (χ0) is 11.4. The Morgan fingerprint density at radius 3 is 2.14 bits per heavy atom. The van der Waals surface area contributed by atoms with Crippen LogP contribution in [0.25, 0.3) is 0 Å². The van der Waals surface area contributed by atoms with Crippen LogP contribution in [-0.2, 0) is 17.2 Å². The molecular weight excluding hydrogens is 208 g/mol. The van der Waals surface area contributed by atoms with Crippen molar-refractivity contribution in [3.05, 3.63) is 18.2 Å². The van der Waals surface area contributed by atoms with Gasteiger partial charge in [-0.15, -0.1) is 0 Å². The Hall–Kier alpha value is -0.920. The first-order valence-corrected chi connectivity index (χ1v) is 5.64. The number of hydrogen-bond acceptors (Lipinski definition) is 4. The minimum atomic E-state index is -3.67. The summed E-state index contributed by atoms with van der Waals surface area (Å²) in [6.45, 7) is 1.70. The summed E-state index contributed by atoms with van der Waals surface area (Å²) in [6.07, 6.45) is 3.72. The van der Waals surface area contributed by atoms with Gasteiger partial charge in [0.15, 0.2) is 0 Å². The Kier molecular flexibility index (Phi) is 4.75. The van der Waals surface area contributed by atoms with E-state index in [0.717, 1.165) is 0 Å². The molecule has 1 rings (SSSR count). The minimum Gasteiger partial charge on any atom is -0.385 e. The van der Waals surface area contributed by atoms with Crippen LogP contribution < -0.4 is 0 Å². The standard InChI is InChI=1S/C6H10N2O.CH4O3S/c1-5(9)6-7-3-4-8(6)2;1-5(2,3)4/h3-5,9H,1-2H3;1H3,(H,2,3,4). The maximum absolute atomic E-state index is 9.19. The molecular formula is C7H14N2O4S. The Balaban J connectivity index is 0.000000292. The smallest absolute Gasteiger partial charge is 0.261 e. The molecule has 0 aliphatic rings. The predicted molar refractivity (Wildman–Crippen MR) is 51.3 cm³/mol. The highest BCUT2D eigenvalue weighted by atomic mass is 32.2. The number of aromatic nitrogens is 2. The number of nitrogens with zero attached hydrogens (tertiary/aromatic N) is 2. The summed E-state index contributed by atoms with van der Waals surface area (Å²) in [4.78, 5) is 3.93. The molecule has 14 heavy (non-hydrogen) atoms. The van der Waals surface area contributed by atoms with E-state index in [-0.39, 0.29) is 0 Å². The maximum Gasteiger partial charge on any atom is 0.261 e. The van der Waals surface area contributed by atoms with Gasteiger partial charge in [0, 0.05) is 19.4 Å². The summed E-state index contributed by atoms with van der Waals surface area (Å²) in [5.41, 5.74) is 0. The van der Waals surface area contributed by atoms with Crippen molar-refractivity contribution in [2.45, 2.75) is 13.0 Å². The quantitative estimate of drug-likeness (QED) is 0.651. The lowest BCUT2D eigenvalue weighted by atomic mass is 10.4. The molecule has 0 fully saturated rings. The lowest BCUT2D eigenvalue weighted by molar-refractivity contribution is 0.185. The molecule has 0 amide bonds. The Bertz CT molecular complexity index is 361. The van der Waals surface area contributed by atoms with Crippen molar-refractivity contribution in [3.63, 3.8) is 0 Å². The molecule has 0 saturated carbocycles. The van der Waals surface area contributed by atoms with Crippen LogP contribution in [0.5, 0.6) is 0 Å². The topological polar surface area (TPSA) is 92.4 Å². The molecule has 0 saturated heterocycles. The van der Waals surface area contributed by atoms with Gasteiger partial charge in [-0.25, -0.2) is 4.98 Å². The second-order valence-corrected chi connectivity index (χ2v) is 4.27. The van der Waals surface area contributed by atoms with Crippen LogP contribution in [-0.4, -0.2) is 33.9 Å². The van der Waals surface area contributed by atoms with Crippen molar-refractivity contribution < 1.29 is 18.1 Å². The van der Waals surface area contributed by atoms with Crippen LogP contribution in [0, 0.1) is 0 Å². The molecule has 1 heterocycles. The van der Waals surface area contributed by atoms with Crippen LogP contribution >= 0.6 is 0 Å². The van der Waals surface area contributed by atoms with Gasteiger partial charge in [0.05, 0.1) is 6.26 Å². The minimum absolute atomic E-state index is 0.468. The summed E-state index contributed by atoms with van der Waals surface area (Å²) in [6, 6.07) is 0. The zero-order valence-electron chi connectivity index (χ0n) is 8.25. The molecule has 0 bridgehead atoms. The van der Waals surface area contributed by atoms with Gasteiger partial charge < -0.3 is 9.67 Å². The number of imidazole rings is 1. The molecule has 0 spiro atoms.